The van der Waals surface area contributed by atoms with Crippen LogP contribution < -0.4 is 5.32 Å². The number of benzene rings is 1. The number of anilines is 1. The van der Waals surface area contributed by atoms with Crippen LogP contribution in [-0.4, -0.2) is 16.8 Å². The molecule has 0 spiro atoms. The van der Waals surface area contributed by atoms with Crippen LogP contribution in [0.1, 0.15) is 23.3 Å². The molecule has 21 heavy (non-hydrogen) atoms. The van der Waals surface area contributed by atoms with Crippen LogP contribution in [0.4, 0.5) is 5.13 Å². The maximum absolute atomic E-state index is 11.6. The predicted octanol–water partition coefficient (Wildman–Crippen LogP) is 5.00. The molecule has 1 aromatic heterocycles. The van der Waals surface area contributed by atoms with Crippen LogP contribution >= 0.6 is 46.1 Å². The van der Waals surface area contributed by atoms with Crippen LogP contribution in [0.25, 0.3) is 0 Å². The first kappa shape index (κ1) is 16.6. The third-order valence-electron chi connectivity index (χ3n) is 2.72. The average molecular weight is 364 g/mol. The predicted molar refractivity (Wildman–Crippen MR) is 90.0 cm³/mol. The topological polar surface area (TPSA) is 42.0 Å². The van der Waals surface area contributed by atoms with Gasteiger partial charge in [-0.05, 0) is 24.1 Å². The molecule has 112 valence electrons. The Morgan fingerprint density at radius 2 is 2.14 bits per heavy atom. The molecule has 0 aliphatic heterocycles. The Bertz CT molecular complexity index is 630. The van der Waals surface area contributed by atoms with E-state index in [0.29, 0.717) is 40.3 Å². The number of aromatic nitrogens is 1. The molecule has 0 aliphatic carbocycles. The molecule has 1 heterocycles. The van der Waals surface area contributed by atoms with Crippen molar-refractivity contribution in [2.75, 3.05) is 11.2 Å². The van der Waals surface area contributed by atoms with Gasteiger partial charge in [-0.3, -0.25) is 4.79 Å². The Morgan fingerprint density at radius 3 is 2.86 bits per heavy atom. The second-order valence-electron chi connectivity index (χ2n) is 4.38. The molecular formula is C14H13Cl3N2OS. The number of halogens is 3. The molecule has 0 saturated carbocycles. The smallest absolute Gasteiger partial charge is 0.226 e. The fourth-order valence-electron chi connectivity index (χ4n) is 1.71. The molecule has 3 nitrogen and oxygen atoms in total. The van der Waals surface area contributed by atoms with E-state index in [4.69, 9.17) is 34.8 Å². The Kier molecular flexibility index (Phi) is 6.30. The number of carbonyl (C=O) groups excluding carboxylic acids is 1. The van der Waals surface area contributed by atoms with Gasteiger partial charge in [-0.25, -0.2) is 4.98 Å². The lowest BCUT2D eigenvalue weighted by atomic mass is 10.1. The molecule has 1 N–H and O–H groups in total. The number of thiazole rings is 1. The molecule has 2 aromatic rings. The SMILES string of the molecule is O=C(CCCCl)Nc1ncc(Cc2ccc(Cl)cc2Cl)s1. The summed E-state index contributed by atoms with van der Waals surface area (Å²) in [7, 11) is 0. The summed E-state index contributed by atoms with van der Waals surface area (Å²) in [6, 6.07) is 5.41. The van der Waals surface area contributed by atoms with Gasteiger partial charge in [0.05, 0.1) is 0 Å². The van der Waals surface area contributed by atoms with Crippen molar-refractivity contribution in [1.82, 2.24) is 4.98 Å². The number of rotatable bonds is 6. The summed E-state index contributed by atoms with van der Waals surface area (Å²) in [5.74, 6) is 0.409. The maximum Gasteiger partial charge on any atom is 0.226 e. The molecule has 0 radical (unpaired) electrons. The van der Waals surface area contributed by atoms with E-state index in [1.165, 1.54) is 11.3 Å². The van der Waals surface area contributed by atoms with E-state index in [0.717, 1.165) is 10.4 Å². The van der Waals surface area contributed by atoms with Gasteiger partial charge in [-0.1, -0.05) is 29.3 Å². The zero-order chi connectivity index (χ0) is 15.2. The minimum atomic E-state index is -0.0684. The summed E-state index contributed by atoms with van der Waals surface area (Å²) < 4.78 is 0. The fourth-order valence-corrected chi connectivity index (χ4v) is 3.17. The van der Waals surface area contributed by atoms with E-state index in [-0.39, 0.29) is 5.91 Å². The van der Waals surface area contributed by atoms with E-state index in [9.17, 15) is 4.79 Å². The molecule has 0 atom stereocenters. The van der Waals surface area contributed by atoms with Gasteiger partial charge < -0.3 is 5.32 Å². The van der Waals surface area contributed by atoms with Gasteiger partial charge in [-0.2, -0.15) is 0 Å². The molecule has 0 aliphatic rings. The van der Waals surface area contributed by atoms with Crippen molar-refractivity contribution in [3.8, 4) is 0 Å². The summed E-state index contributed by atoms with van der Waals surface area (Å²) in [6.45, 7) is 0. The van der Waals surface area contributed by atoms with Gasteiger partial charge in [0.15, 0.2) is 5.13 Å². The number of hydrogen-bond acceptors (Lipinski definition) is 3. The molecule has 2 rings (SSSR count). The van der Waals surface area contributed by atoms with Crippen LogP contribution in [-0.2, 0) is 11.2 Å². The Hall–Kier alpha value is -0.810. The number of nitrogens with one attached hydrogen (secondary N) is 1. The van der Waals surface area contributed by atoms with Crippen molar-refractivity contribution < 1.29 is 4.79 Å². The molecular weight excluding hydrogens is 351 g/mol. The van der Waals surface area contributed by atoms with Gasteiger partial charge in [0.2, 0.25) is 5.91 Å². The summed E-state index contributed by atoms with van der Waals surface area (Å²) in [5.41, 5.74) is 0.977. The van der Waals surface area contributed by atoms with E-state index in [1.54, 1.807) is 18.3 Å². The zero-order valence-corrected chi connectivity index (χ0v) is 14.1. The van der Waals surface area contributed by atoms with Gasteiger partial charge in [0.25, 0.3) is 0 Å². The quantitative estimate of drug-likeness (QED) is 0.734. The van der Waals surface area contributed by atoms with Crippen LogP contribution in [0, 0.1) is 0 Å². The van der Waals surface area contributed by atoms with E-state index in [2.05, 4.69) is 10.3 Å². The normalized spacial score (nSPS) is 10.6. The van der Waals surface area contributed by atoms with Crippen molar-refractivity contribution in [2.45, 2.75) is 19.3 Å². The van der Waals surface area contributed by atoms with Gasteiger partial charge in [-0.15, -0.1) is 22.9 Å². The fraction of sp³-hybridized carbons (Fsp3) is 0.286. The van der Waals surface area contributed by atoms with E-state index < -0.39 is 0 Å². The monoisotopic (exact) mass is 362 g/mol. The Morgan fingerprint density at radius 1 is 1.33 bits per heavy atom. The van der Waals surface area contributed by atoms with Crippen molar-refractivity contribution in [3.63, 3.8) is 0 Å². The number of hydrogen-bond donors (Lipinski definition) is 1. The van der Waals surface area contributed by atoms with Gasteiger partial charge >= 0.3 is 0 Å². The summed E-state index contributed by atoms with van der Waals surface area (Å²) in [6.07, 6.45) is 3.46. The standard InChI is InChI=1S/C14H13Cl3N2OS/c15-5-1-2-13(20)19-14-18-8-11(21-14)6-9-3-4-10(16)7-12(9)17/h3-4,7-8H,1-2,5-6H2,(H,18,19,20). The van der Waals surface area contributed by atoms with E-state index >= 15 is 0 Å². The largest absolute Gasteiger partial charge is 0.302 e. The first-order valence-electron chi connectivity index (χ1n) is 6.33. The van der Waals surface area contributed by atoms with E-state index in [1.807, 2.05) is 6.07 Å². The lowest BCUT2D eigenvalue weighted by Gasteiger charge is -2.02. The third-order valence-corrected chi connectivity index (χ3v) is 4.48. The highest BCUT2D eigenvalue weighted by Crippen LogP contribution is 2.26. The molecule has 1 aromatic carbocycles. The molecule has 1 amide bonds. The van der Waals surface area contributed by atoms with Crippen LogP contribution in [0.2, 0.25) is 10.0 Å². The van der Waals surface area contributed by atoms with Crippen molar-refractivity contribution in [2.24, 2.45) is 0 Å². The van der Waals surface area contributed by atoms with Gasteiger partial charge in [0, 0.05) is 39.8 Å². The highest BCUT2D eigenvalue weighted by molar-refractivity contribution is 7.15. The number of nitrogens with zero attached hydrogens (tertiary/aromatic N) is 1. The number of amides is 1. The minimum Gasteiger partial charge on any atom is -0.302 e. The third kappa shape index (κ3) is 5.15. The zero-order valence-electron chi connectivity index (χ0n) is 11.0. The van der Waals surface area contributed by atoms with Crippen molar-refractivity contribution >= 4 is 57.2 Å². The number of alkyl halides is 1. The second kappa shape index (κ2) is 7.99. The van der Waals surface area contributed by atoms with Crippen molar-refractivity contribution in [1.29, 1.82) is 0 Å². The van der Waals surface area contributed by atoms with Crippen LogP contribution in [0.5, 0.6) is 0 Å². The summed E-state index contributed by atoms with van der Waals surface area (Å²) >= 11 is 19.0. The molecule has 0 unspecified atom stereocenters. The lowest BCUT2D eigenvalue weighted by molar-refractivity contribution is -0.116. The Labute approximate surface area is 142 Å². The first-order valence-corrected chi connectivity index (χ1v) is 8.43. The molecule has 0 fully saturated rings. The average Bonchev–Trinajstić information content (AvgIpc) is 2.87. The summed E-state index contributed by atoms with van der Waals surface area (Å²) in [4.78, 5) is 16.8. The van der Waals surface area contributed by atoms with Crippen LogP contribution in [0.15, 0.2) is 24.4 Å². The molecule has 0 bridgehead atoms. The molecule has 7 heteroatoms. The summed E-state index contributed by atoms with van der Waals surface area (Å²) in [5, 5.41) is 4.59. The maximum atomic E-state index is 11.6. The minimum absolute atomic E-state index is 0.0684. The second-order valence-corrected chi connectivity index (χ2v) is 6.72. The van der Waals surface area contributed by atoms with Gasteiger partial charge in [0.1, 0.15) is 0 Å². The van der Waals surface area contributed by atoms with Crippen LogP contribution in [0.3, 0.4) is 0 Å². The Balaban J connectivity index is 1.98. The lowest BCUT2D eigenvalue weighted by Crippen LogP contribution is -2.10. The van der Waals surface area contributed by atoms with Crippen molar-refractivity contribution in [3.05, 3.63) is 44.9 Å². The first-order chi connectivity index (χ1) is 10.1. The highest BCUT2D eigenvalue weighted by atomic mass is 35.5. The number of carbonyl (C=O) groups is 1. The molecule has 0 saturated heterocycles. The highest BCUT2D eigenvalue weighted by Gasteiger charge is 2.09.